The Bertz CT molecular complexity index is 383. The van der Waals surface area contributed by atoms with Crippen LogP contribution in [0.1, 0.15) is 46.5 Å². The van der Waals surface area contributed by atoms with E-state index in [1.807, 2.05) is 18.7 Å². The molecule has 2 rings (SSSR count). The molecule has 2 aliphatic rings. The van der Waals surface area contributed by atoms with E-state index in [0.717, 1.165) is 51.9 Å². The van der Waals surface area contributed by atoms with Crippen molar-refractivity contribution in [3.8, 4) is 0 Å². The molecule has 0 radical (unpaired) electrons. The molecule has 0 aliphatic carbocycles. The maximum absolute atomic E-state index is 12.6. The van der Waals surface area contributed by atoms with Crippen molar-refractivity contribution in [2.45, 2.75) is 52.5 Å². The van der Waals surface area contributed by atoms with Gasteiger partial charge in [0.2, 0.25) is 11.8 Å². The fraction of sp³-hybridized carbons (Fsp3) is 0.875. The number of carbonyl (C=O) groups is 2. The number of rotatable bonds is 4. The fourth-order valence-electron chi connectivity index (χ4n) is 3.31. The van der Waals surface area contributed by atoms with Crippen molar-refractivity contribution < 1.29 is 9.59 Å². The molecule has 2 aliphatic heterocycles. The lowest BCUT2D eigenvalue weighted by molar-refractivity contribution is -0.139. The van der Waals surface area contributed by atoms with Crippen LogP contribution in [-0.2, 0) is 9.59 Å². The summed E-state index contributed by atoms with van der Waals surface area (Å²) in [7, 11) is 0. The highest BCUT2D eigenvalue weighted by Crippen LogP contribution is 2.32. The second-order valence-electron chi connectivity index (χ2n) is 6.99. The molecule has 2 fully saturated rings. The monoisotopic (exact) mass is 295 g/mol. The summed E-state index contributed by atoms with van der Waals surface area (Å²) in [5, 5.41) is 6.30. The molecule has 2 heterocycles. The van der Waals surface area contributed by atoms with Crippen LogP contribution in [0.4, 0.5) is 0 Å². The number of hydrogen-bond acceptors (Lipinski definition) is 3. The Hall–Kier alpha value is -1.10. The largest absolute Gasteiger partial charge is 0.344 e. The van der Waals surface area contributed by atoms with Gasteiger partial charge in [0.25, 0.3) is 0 Å². The molecule has 0 aromatic rings. The van der Waals surface area contributed by atoms with E-state index in [1.165, 1.54) is 0 Å². The van der Waals surface area contributed by atoms with Crippen molar-refractivity contribution in [1.29, 1.82) is 0 Å². The number of carbonyl (C=O) groups excluding carboxylic acids is 2. The SMILES string of the molecule is CC(NC(=O)C(C)(C)C1CCCNC1)C(=O)N1CCCC1. The van der Waals surface area contributed by atoms with Crippen LogP contribution in [0.2, 0.25) is 0 Å². The average molecular weight is 295 g/mol. The highest BCUT2D eigenvalue weighted by molar-refractivity contribution is 5.89. The molecule has 0 bridgehead atoms. The molecule has 5 nitrogen and oxygen atoms in total. The number of nitrogens with zero attached hydrogens (tertiary/aromatic N) is 1. The van der Waals surface area contributed by atoms with Gasteiger partial charge in [-0.15, -0.1) is 0 Å². The zero-order valence-corrected chi connectivity index (χ0v) is 13.6. The Morgan fingerprint density at radius 2 is 1.90 bits per heavy atom. The molecule has 2 saturated heterocycles. The Morgan fingerprint density at radius 1 is 1.24 bits per heavy atom. The Balaban J connectivity index is 1.90. The van der Waals surface area contributed by atoms with E-state index in [9.17, 15) is 9.59 Å². The van der Waals surface area contributed by atoms with Gasteiger partial charge in [0.15, 0.2) is 0 Å². The molecule has 120 valence electrons. The highest BCUT2D eigenvalue weighted by Gasteiger charge is 2.38. The fourth-order valence-corrected chi connectivity index (χ4v) is 3.31. The molecular formula is C16H29N3O2. The van der Waals surface area contributed by atoms with Crippen LogP contribution in [0, 0.1) is 11.3 Å². The van der Waals surface area contributed by atoms with Gasteiger partial charge in [-0.1, -0.05) is 13.8 Å². The van der Waals surface area contributed by atoms with E-state index in [-0.39, 0.29) is 11.8 Å². The molecule has 21 heavy (non-hydrogen) atoms. The molecule has 2 amide bonds. The van der Waals surface area contributed by atoms with E-state index in [4.69, 9.17) is 0 Å². The molecule has 5 heteroatoms. The lowest BCUT2D eigenvalue weighted by atomic mass is 9.74. The maximum atomic E-state index is 12.6. The second-order valence-corrected chi connectivity index (χ2v) is 6.99. The topological polar surface area (TPSA) is 61.4 Å². The normalized spacial score (nSPS) is 24.7. The Morgan fingerprint density at radius 3 is 2.48 bits per heavy atom. The first-order chi connectivity index (χ1) is 9.93. The lowest BCUT2D eigenvalue weighted by Crippen LogP contribution is -2.53. The summed E-state index contributed by atoms with van der Waals surface area (Å²) >= 11 is 0. The predicted molar refractivity (Wildman–Crippen MR) is 82.8 cm³/mol. The average Bonchev–Trinajstić information content (AvgIpc) is 3.01. The molecular weight excluding hydrogens is 266 g/mol. The Labute approximate surface area is 127 Å². The first-order valence-electron chi connectivity index (χ1n) is 8.23. The van der Waals surface area contributed by atoms with Gasteiger partial charge in [0, 0.05) is 18.5 Å². The van der Waals surface area contributed by atoms with E-state index in [2.05, 4.69) is 10.6 Å². The first-order valence-corrected chi connectivity index (χ1v) is 8.23. The summed E-state index contributed by atoms with van der Waals surface area (Å²) in [5.74, 6) is 0.384. The lowest BCUT2D eigenvalue weighted by Gasteiger charge is -2.36. The second kappa shape index (κ2) is 6.77. The predicted octanol–water partition coefficient (Wildman–Crippen LogP) is 1.14. The van der Waals surface area contributed by atoms with E-state index in [0.29, 0.717) is 5.92 Å². The summed E-state index contributed by atoms with van der Waals surface area (Å²) < 4.78 is 0. The highest BCUT2D eigenvalue weighted by atomic mass is 16.2. The Kier molecular flexibility index (Phi) is 5.25. The minimum atomic E-state index is -0.438. The van der Waals surface area contributed by atoms with Crippen LogP contribution in [-0.4, -0.2) is 48.9 Å². The van der Waals surface area contributed by atoms with Crippen LogP contribution in [0.3, 0.4) is 0 Å². The first kappa shape index (κ1) is 16.3. The van der Waals surface area contributed by atoms with Gasteiger partial charge in [-0.25, -0.2) is 0 Å². The van der Waals surface area contributed by atoms with Gasteiger partial charge in [-0.3, -0.25) is 9.59 Å². The van der Waals surface area contributed by atoms with Crippen LogP contribution in [0.5, 0.6) is 0 Å². The van der Waals surface area contributed by atoms with E-state index < -0.39 is 11.5 Å². The van der Waals surface area contributed by atoms with Crippen LogP contribution < -0.4 is 10.6 Å². The number of hydrogen-bond donors (Lipinski definition) is 2. The van der Waals surface area contributed by atoms with Gasteiger partial charge >= 0.3 is 0 Å². The molecule has 2 N–H and O–H groups in total. The summed E-state index contributed by atoms with van der Waals surface area (Å²) in [5.41, 5.74) is -0.438. The van der Waals surface area contributed by atoms with Gasteiger partial charge in [-0.2, -0.15) is 0 Å². The third kappa shape index (κ3) is 3.76. The minimum Gasteiger partial charge on any atom is -0.344 e. The van der Waals surface area contributed by atoms with E-state index >= 15 is 0 Å². The molecule has 2 unspecified atom stereocenters. The zero-order chi connectivity index (χ0) is 15.5. The third-order valence-corrected chi connectivity index (χ3v) is 5.04. The number of piperidine rings is 1. The third-order valence-electron chi connectivity index (χ3n) is 5.04. The van der Waals surface area contributed by atoms with Gasteiger partial charge in [0.05, 0.1) is 0 Å². The van der Waals surface area contributed by atoms with Gasteiger partial charge in [0.1, 0.15) is 6.04 Å². The minimum absolute atomic E-state index is 0.00348. The molecule has 0 aromatic carbocycles. The van der Waals surface area contributed by atoms with Crippen LogP contribution in [0.15, 0.2) is 0 Å². The quantitative estimate of drug-likeness (QED) is 0.817. The van der Waals surface area contributed by atoms with Crippen molar-refractivity contribution in [3.63, 3.8) is 0 Å². The molecule has 0 spiro atoms. The maximum Gasteiger partial charge on any atom is 0.244 e. The van der Waals surface area contributed by atoms with Crippen molar-refractivity contribution in [2.75, 3.05) is 26.2 Å². The number of likely N-dealkylation sites (tertiary alicyclic amines) is 1. The standard InChI is InChI=1S/C16H29N3O2/c1-12(14(20)19-9-4-5-10-19)18-15(21)16(2,3)13-7-6-8-17-11-13/h12-13,17H,4-11H2,1-3H3,(H,18,21). The van der Waals surface area contributed by atoms with Crippen LogP contribution in [0.25, 0.3) is 0 Å². The van der Waals surface area contributed by atoms with Crippen molar-refractivity contribution in [1.82, 2.24) is 15.5 Å². The summed E-state index contributed by atoms with van der Waals surface area (Å²) in [6.45, 7) is 9.37. The number of amides is 2. The molecule has 2 atom stereocenters. The van der Waals surface area contributed by atoms with Crippen molar-refractivity contribution >= 4 is 11.8 Å². The van der Waals surface area contributed by atoms with Crippen molar-refractivity contribution in [2.24, 2.45) is 11.3 Å². The van der Waals surface area contributed by atoms with Crippen molar-refractivity contribution in [3.05, 3.63) is 0 Å². The van der Waals surface area contributed by atoms with Gasteiger partial charge in [-0.05, 0) is 51.6 Å². The summed E-state index contributed by atoms with van der Waals surface area (Å²) in [6, 6.07) is -0.425. The number of nitrogens with one attached hydrogen (secondary N) is 2. The van der Waals surface area contributed by atoms with E-state index in [1.54, 1.807) is 6.92 Å². The summed E-state index contributed by atoms with van der Waals surface area (Å²) in [4.78, 5) is 26.7. The van der Waals surface area contributed by atoms with Gasteiger partial charge < -0.3 is 15.5 Å². The zero-order valence-electron chi connectivity index (χ0n) is 13.6. The van der Waals surface area contributed by atoms with Crippen LogP contribution >= 0.6 is 0 Å². The smallest absolute Gasteiger partial charge is 0.244 e. The summed E-state index contributed by atoms with van der Waals surface area (Å²) in [6.07, 6.45) is 4.34. The molecule has 0 aromatic heterocycles. The molecule has 0 saturated carbocycles.